The van der Waals surface area contributed by atoms with Crippen molar-refractivity contribution in [3.05, 3.63) is 60.3 Å². The third-order valence-electron chi connectivity index (χ3n) is 3.67. The highest BCUT2D eigenvalue weighted by Crippen LogP contribution is 2.16. The molecule has 0 saturated heterocycles. The summed E-state index contributed by atoms with van der Waals surface area (Å²) in [6, 6.07) is 10.3. The summed E-state index contributed by atoms with van der Waals surface area (Å²) in [4.78, 5) is 31.3. The minimum absolute atomic E-state index is 0.264. The fourth-order valence-corrected chi connectivity index (χ4v) is 2.38. The Morgan fingerprint density at radius 2 is 2.00 bits per heavy atom. The molecule has 0 bridgehead atoms. The van der Waals surface area contributed by atoms with Crippen molar-refractivity contribution < 1.29 is 14.3 Å². The van der Waals surface area contributed by atoms with Crippen molar-refractivity contribution in [3.8, 4) is 5.75 Å². The molecular formula is C18H18N6O3. The van der Waals surface area contributed by atoms with Gasteiger partial charge in [0.15, 0.2) is 5.65 Å². The summed E-state index contributed by atoms with van der Waals surface area (Å²) in [7, 11) is 0. The van der Waals surface area contributed by atoms with Crippen LogP contribution in [0, 0.1) is 0 Å². The van der Waals surface area contributed by atoms with Crippen molar-refractivity contribution in [1.82, 2.24) is 19.9 Å². The second-order valence-corrected chi connectivity index (χ2v) is 5.57. The standard InChI is InChI=1S/C18H18N6O3/c19-15(25)12-10-14-16(22-11-12)24(17(20)23-14)9-5-4-8-21-18(26)27-13-6-2-1-3-7-13/h1-7,10-11H,8-9H2,(H2,19,25)(H2,20,23)(H,21,26)/b5-4+. The van der Waals surface area contributed by atoms with E-state index in [9.17, 15) is 9.59 Å². The lowest BCUT2D eigenvalue weighted by Crippen LogP contribution is -2.26. The summed E-state index contributed by atoms with van der Waals surface area (Å²) in [5.74, 6) is 0.157. The van der Waals surface area contributed by atoms with Crippen LogP contribution in [-0.2, 0) is 6.54 Å². The van der Waals surface area contributed by atoms with Gasteiger partial charge in [-0.2, -0.15) is 0 Å². The van der Waals surface area contributed by atoms with Crippen molar-refractivity contribution in [2.24, 2.45) is 5.73 Å². The fourth-order valence-electron chi connectivity index (χ4n) is 2.38. The number of allylic oxidation sites excluding steroid dienone is 1. The number of nitrogens with one attached hydrogen (secondary N) is 1. The van der Waals surface area contributed by atoms with Crippen molar-refractivity contribution >= 4 is 29.1 Å². The second kappa shape index (κ2) is 8.00. The number of nitrogens with zero attached hydrogens (tertiary/aromatic N) is 3. The topological polar surface area (TPSA) is 138 Å². The summed E-state index contributed by atoms with van der Waals surface area (Å²) in [5.41, 5.74) is 12.4. The fraction of sp³-hybridized carbons (Fsp3) is 0.111. The highest BCUT2D eigenvalue weighted by atomic mass is 16.6. The molecule has 27 heavy (non-hydrogen) atoms. The average Bonchev–Trinajstić information content (AvgIpc) is 2.96. The molecule has 0 aliphatic rings. The van der Waals surface area contributed by atoms with Gasteiger partial charge >= 0.3 is 6.09 Å². The number of carbonyl (C=O) groups is 2. The minimum Gasteiger partial charge on any atom is -0.410 e. The molecule has 0 atom stereocenters. The molecule has 2 heterocycles. The molecule has 2 amide bonds. The van der Waals surface area contributed by atoms with Crippen LogP contribution in [0.2, 0.25) is 0 Å². The SMILES string of the molecule is NC(=O)c1cnc2c(c1)nc(N)n2C/C=C/CNC(=O)Oc1ccccc1. The summed E-state index contributed by atoms with van der Waals surface area (Å²) in [6.45, 7) is 0.693. The van der Waals surface area contributed by atoms with E-state index >= 15 is 0 Å². The van der Waals surface area contributed by atoms with Crippen LogP contribution >= 0.6 is 0 Å². The predicted molar refractivity (Wildman–Crippen MR) is 100 cm³/mol. The third kappa shape index (κ3) is 4.40. The van der Waals surface area contributed by atoms with Gasteiger partial charge < -0.3 is 21.5 Å². The number of rotatable bonds is 6. The lowest BCUT2D eigenvalue weighted by atomic mass is 10.2. The molecular weight excluding hydrogens is 348 g/mol. The number of hydrogen-bond acceptors (Lipinski definition) is 6. The number of pyridine rings is 1. The quantitative estimate of drug-likeness (QED) is 0.565. The Hall–Kier alpha value is -3.88. The van der Waals surface area contributed by atoms with Crippen LogP contribution in [0.5, 0.6) is 5.75 Å². The molecule has 9 heteroatoms. The molecule has 0 unspecified atom stereocenters. The van der Waals surface area contributed by atoms with Crippen LogP contribution < -0.4 is 21.5 Å². The second-order valence-electron chi connectivity index (χ2n) is 5.57. The number of imidazole rings is 1. The number of para-hydroxylation sites is 1. The first-order valence-electron chi connectivity index (χ1n) is 8.12. The maximum atomic E-state index is 11.7. The Kier molecular flexibility index (Phi) is 5.31. The van der Waals surface area contributed by atoms with Crippen molar-refractivity contribution in [1.29, 1.82) is 0 Å². The first-order valence-corrected chi connectivity index (χ1v) is 8.12. The van der Waals surface area contributed by atoms with Gasteiger partial charge in [-0.3, -0.25) is 9.36 Å². The van der Waals surface area contributed by atoms with Gasteiger partial charge in [-0.15, -0.1) is 0 Å². The van der Waals surface area contributed by atoms with E-state index in [1.165, 1.54) is 6.20 Å². The number of benzene rings is 1. The van der Waals surface area contributed by atoms with Crippen LogP contribution in [0.25, 0.3) is 11.2 Å². The monoisotopic (exact) mass is 366 g/mol. The van der Waals surface area contributed by atoms with Crippen molar-refractivity contribution in [3.63, 3.8) is 0 Å². The van der Waals surface area contributed by atoms with Gasteiger partial charge in [-0.25, -0.2) is 14.8 Å². The smallest absolute Gasteiger partial charge is 0.410 e. The van der Waals surface area contributed by atoms with Gasteiger partial charge in [0.25, 0.3) is 0 Å². The summed E-state index contributed by atoms with van der Waals surface area (Å²) in [5, 5.41) is 2.61. The lowest BCUT2D eigenvalue weighted by molar-refractivity contribution is 0.1000. The minimum atomic E-state index is -0.578. The molecule has 3 aromatic rings. The number of hydrogen-bond donors (Lipinski definition) is 3. The Morgan fingerprint density at radius 3 is 2.74 bits per heavy atom. The van der Waals surface area contributed by atoms with E-state index in [2.05, 4.69) is 15.3 Å². The molecule has 0 fully saturated rings. The molecule has 5 N–H and O–H groups in total. The summed E-state index contributed by atoms with van der Waals surface area (Å²) < 4.78 is 6.79. The van der Waals surface area contributed by atoms with E-state index in [1.54, 1.807) is 41.0 Å². The Balaban J connectivity index is 1.56. The maximum absolute atomic E-state index is 11.7. The number of amides is 2. The zero-order valence-corrected chi connectivity index (χ0v) is 14.3. The van der Waals surface area contributed by atoms with Crippen molar-refractivity contribution in [2.45, 2.75) is 6.54 Å². The molecule has 0 aliphatic carbocycles. The number of primary amides is 1. The zero-order valence-electron chi connectivity index (χ0n) is 14.3. The van der Waals surface area contributed by atoms with E-state index < -0.39 is 12.0 Å². The molecule has 9 nitrogen and oxygen atoms in total. The van der Waals surface area contributed by atoms with Crippen LogP contribution in [0.4, 0.5) is 10.7 Å². The molecule has 3 rings (SSSR count). The predicted octanol–water partition coefficient (Wildman–Crippen LogP) is 1.46. The van der Waals surface area contributed by atoms with Crippen LogP contribution in [0.1, 0.15) is 10.4 Å². The van der Waals surface area contributed by atoms with Gasteiger partial charge in [0.05, 0.1) is 5.56 Å². The first kappa shape index (κ1) is 17.9. The number of nitrogens with two attached hydrogens (primary N) is 2. The number of ether oxygens (including phenoxy) is 1. The van der Waals surface area contributed by atoms with Gasteiger partial charge in [-0.1, -0.05) is 30.4 Å². The Morgan fingerprint density at radius 1 is 1.22 bits per heavy atom. The molecule has 0 radical (unpaired) electrons. The van der Waals surface area contributed by atoms with Crippen LogP contribution in [0.3, 0.4) is 0 Å². The highest BCUT2D eigenvalue weighted by molar-refractivity contribution is 5.95. The van der Waals surface area contributed by atoms with Crippen LogP contribution in [-0.4, -0.2) is 33.1 Å². The molecule has 1 aromatic carbocycles. The van der Waals surface area contributed by atoms with Gasteiger partial charge in [0.1, 0.15) is 11.3 Å². The molecule has 0 aliphatic heterocycles. The number of nitrogen functional groups attached to an aromatic ring is 1. The van der Waals surface area contributed by atoms with E-state index in [0.29, 0.717) is 23.5 Å². The highest BCUT2D eigenvalue weighted by Gasteiger charge is 2.11. The van der Waals surface area contributed by atoms with Crippen molar-refractivity contribution in [2.75, 3.05) is 12.3 Å². The number of aromatic nitrogens is 3. The van der Waals surface area contributed by atoms with E-state index in [1.807, 2.05) is 12.1 Å². The first-order chi connectivity index (χ1) is 13.0. The maximum Gasteiger partial charge on any atom is 0.412 e. The summed E-state index contributed by atoms with van der Waals surface area (Å²) in [6.07, 6.45) is 4.41. The van der Waals surface area contributed by atoms with Crippen LogP contribution in [0.15, 0.2) is 54.7 Å². The molecule has 138 valence electrons. The van der Waals surface area contributed by atoms with Gasteiger partial charge in [0.2, 0.25) is 11.9 Å². The normalized spacial score (nSPS) is 11.0. The van der Waals surface area contributed by atoms with Gasteiger partial charge in [0, 0.05) is 19.3 Å². The summed E-state index contributed by atoms with van der Waals surface area (Å²) >= 11 is 0. The molecule has 0 saturated carbocycles. The zero-order chi connectivity index (χ0) is 19.2. The Bertz CT molecular complexity index is 997. The van der Waals surface area contributed by atoms with E-state index in [0.717, 1.165) is 0 Å². The molecule has 2 aromatic heterocycles. The number of carbonyl (C=O) groups excluding carboxylic acids is 2. The largest absolute Gasteiger partial charge is 0.412 e. The Labute approximate surface area is 154 Å². The average molecular weight is 366 g/mol. The molecule has 0 spiro atoms. The lowest BCUT2D eigenvalue weighted by Gasteiger charge is -2.04. The third-order valence-corrected chi connectivity index (χ3v) is 3.67. The number of fused-ring (bicyclic) bond motifs is 1. The van der Waals surface area contributed by atoms with Gasteiger partial charge in [-0.05, 0) is 18.2 Å². The van der Waals surface area contributed by atoms with E-state index in [-0.39, 0.29) is 18.1 Å². The number of anilines is 1. The van der Waals surface area contributed by atoms with E-state index in [4.69, 9.17) is 16.2 Å².